The Morgan fingerprint density at radius 2 is 1.79 bits per heavy atom. The first-order valence-corrected chi connectivity index (χ1v) is 5.64. The summed E-state index contributed by atoms with van der Waals surface area (Å²) in [6.07, 6.45) is 2.94. The zero-order chi connectivity index (χ0) is 9.97. The molecule has 1 aromatic rings. The van der Waals surface area contributed by atoms with Crippen LogP contribution in [0.2, 0.25) is 0 Å². The highest BCUT2D eigenvalue weighted by molar-refractivity contribution is 7.99. The van der Waals surface area contributed by atoms with Gasteiger partial charge in [0.25, 0.3) is 0 Å². The topological polar surface area (TPSA) is 0 Å². The van der Waals surface area contributed by atoms with E-state index in [0.29, 0.717) is 5.56 Å². The monoisotopic (exact) mass is 212 g/mol. The smallest absolute Gasteiger partial charge is 0.126 e. The quantitative estimate of drug-likeness (QED) is 0.686. The highest BCUT2D eigenvalue weighted by atomic mass is 32.2. The maximum Gasteiger partial charge on any atom is 0.126 e. The van der Waals surface area contributed by atoms with Gasteiger partial charge in [-0.05, 0) is 35.4 Å². The van der Waals surface area contributed by atoms with E-state index in [-0.39, 0.29) is 0 Å². The van der Waals surface area contributed by atoms with Crippen molar-refractivity contribution in [2.45, 2.75) is 6.42 Å². The predicted molar refractivity (Wildman–Crippen MR) is 56.3 cm³/mol. The number of allylic oxidation sites excluding steroid dienone is 1. The summed E-state index contributed by atoms with van der Waals surface area (Å²) >= 11 is 1.84. The Hall–Kier alpha value is -0.830. The van der Waals surface area contributed by atoms with E-state index in [2.05, 4.69) is 0 Å². The molecule has 74 valence electrons. The van der Waals surface area contributed by atoms with Gasteiger partial charge in [-0.15, -0.1) is 0 Å². The van der Waals surface area contributed by atoms with Gasteiger partial charge in [0.1, 0.15) is 11.6 Å². The lowest BCUT2D eigenvalue weighted by Crippen LogP contribution is -1.96. The van der Waals surface area contributed by atoms with E-state index in [4.69, 9.17) is 0 Å². The summed E-state index contributed by atoms with van der Waals surface area (Å²) in [6, 6.07) is 3.69. The number of thioether (sulfide) groups is 1. The molecule has 1 heterocycles. The van der Waals surface area contributed by atoms with Crippen LogP contribution < -0.4 is 0 Å². The first kappa shape index (κ1) is 9.71. The summed E-state index contributed by atoms with van der Waals surface area (Å²) in [5, 5.41) is 0. The van der Waals surface area contributed by atoms with E-state index in [9.17, 15) is 8.78 Å². The summed E-state index contributed by atoms with van der Waals surface area (Å²) in [7, 11) is 0. The van der Waals surface area contributed by atoms with E-state index in [1.807, 2.05) is 17.8 Å². The molecular formula is C11H10F2S. The van der Waals surface area contributed by atoms with Crippen LogP contribution in [-0.4, -0.2) is 11.5 Å². The standard InChI is InChI=1S/C11H10F2S/c12-10-5-9(6-11(13)7-10)8-1-3-14-4-2-8/h1,5-7H,2-4H2. The Labute approximate surface area is 86.0 Å². The fraction of sp³-hybridized carbons (Fsp3) is 0.273. The highest BCUT2D eigenvalue weighted by Crippen LogP contribution is 2.26. The average Bonchev–Trinajstić information content (AvgIpc) is 2.18. The molecular weight excluding hydrogens is 202 g/mol. The molecule has 14 heavy (non-hydrogen) atoms. The fourth-order valence-corrected chi connectivity index (χ4v) is 2.38. The number of halogens is 2. The van der Waals surface area contributed by atoms with Gasteiger partial charge in [0.2, 0.25) is 0 Å². The molecule has 0 aromatic heterocycles. The lowest BCUT2D eigenvalue weighted by Gasteiger charge is -2.12. The second-order valence-corrected chi connectivity index (χ2v) is 4.36. The molecule has 0 saturated carbocycles. The maximum atomic E-state index is 12.9. The Kier molecular flexibility index (Phi) is 2.87. The minimum atomic E-state index is -0.501. The molecule has 1 aliphatic rings. The molecule has 0 aliphatic carbocycles. The van der Waals surface area contributed by atoms with Gasteiger partial charge in [-0.3, -0.25) is 0 Å². The van der Waals surface area contributed by atoms with Crippen molar-refractivity contribution in [2.75, 3.05) is 11.5 Å². The van der Waals surface area contributed by atoms with Crippen molar-refractivity contribution in [3.05, 3.63) is 41.5 Å². The number of hydrogen-bond donors (Lipinski definition) is 0. The Morgan fingerprint density at radius 1 is 1.07 bits per heavy atom. The van der Waals surface area contributed by atoms with Crippen molar-refractivity contribution < 1.29 is 8.78 Å². The maximum absolute atomic E-state index is 12.9. The molecule has 1 aromatic carbocycles. The Morgan fingerprint density at radius 3 is 2.36 bits per heavy atom. The van der Waals surface area contributed by atoms with Gasteiger partial charge < -0.3 is 0 Å². The Bertz CT molecular complexity index is 351. The van der Waals surface area contributed by atoms with E-state index >= 15 is 0 Å². The number of benzene rings is 1. The minimum absolute atomic E-state index is 0.501. The van der Waals surface area contributed by atoms with E-state index < -0.39 is 11.6 Å². The highest BCUT2D eigenvalue weighted by Gasteiger charge is 2.08. The van der Waals surface area contributed by atoms with E-state index in [1.54, 1.807) is 0 Å². The second-order valence-electron chi connectivity index (χ2n) is 3.21. The Balaban J connectivity index is 2.35. The molecule has 0 fully saturated rings. The number of hydrogen-bond acceptors (Lipinski definition) is 1. The third kappa shape index (κ3) is 2.15. The van der Waals surface area contributed by atoms with Crippen LogP contribution in [0, 0.1) is 11.6 Å². The van der Waals surface area contributed by atoms with Crippen molar-refractivity contribution in [2.24, 2.45) is 0 Å². The summed E-state index contributed by atoms with van der Waals surface area (Å²) in [4.78, 5) is 0. The zero-order valence-electron chi connectivity index (χ0n) is 7.59. The van der Waals surface area contributed by atoms with E-state index in [1.165, 1.54) is 12.1 Å². The first-order valence-electron chi connectivity index (χ1n) is 4.49. The van der Waals surface area contributed by atoms with Crippen molar-refractivity contribution in [3.8, 4) is 0 Å². The number of rotatable bonds is 1. The molecule has 2 rings (SSSR count). The molecule has 0 bridgehead atoms. The van der Waals surface area contributed by atoms with Crippen molar-refractivity contribution in [3.63, 3.8) is 0 Å². The molecule has 3 heteroatoms. The molecule has 0 saturated heterocycles. The largest absolute Gasteiger partial charge is 0.207 e. The molecule has 0 amide bonds. The molecule has 0 nitrogen and oxygen atoms in total. The SMILES string of the molecule is Fc1cc(F)cc(C2=CCSCC2)c1. The van der Waals surface area contributed by atoms with Crippen LogP contribution in [-0.2, 0) is 0 Å². The molecule has 0 atom stereocenters. The van der Waals surface area contributed by atoms with Crippen molar-refractivity contribution >= 4 is 17.3 Å². The molecule has 1 aliphatic heterocycles. The van der Waals surface area contributed by atoms with Gasteiger partial charge in [-0.1, -0.05) is 6.08 Å². The normalized spacial score (nSPS) is 16.6. The van der Waals surface area contributed by atoms with Crippen molar-refractivity contribution in [1.82, 2.24) is 0 Å². The molecule has 0 unspecified atom stereocenters. The van der Waals surface area contributed by atoms with Crippen molar-refractivity contribution in [1.29, 1.82) is 0 Å². The van der Waals surface area contributed by atoms with Crippen LogP contribution in [0.4, 0.5) is 8.78 Å². The van der Waals surface area contributed by atoms with E-state index in [0.717, 1.165) is 29.6 Å². The van der Waals surface area contributed by atoms with Gasteiger partial charge >= 0.3 is 0 Å². The molecule has 0 N–H and O–H groups in total. The van der Waals surface area contributed by atoms with Gasteiger partial charge in [0, 0.05) is 11.8 Å². The lowest BCUT2D eigenvalue weighted by molar-refractivity contribution is 0.582. The minimum Gasteiger partial charge on any atom is -0.207 e. The van der Waals surface area contributed by atoms with Crippen LogP contribution >= 0.6 is 11.8 Å². The zero-order valence-corrected chi connectivity index (χ0v) is 8.41. The van der Waals surface area contributed by atoms with Gasteiger partial charge in [-0.25, -0.2) is 8.78 Å². The predicted octanol–water partition coefficient (Wildman–Crippen LogP) is 3.49. The lowest BCUT2D eigenvalue weighted by atomic mass is 10.0. The third-order valence-corrected chi connectivity index (χ3v) is 3.09. The summed E-state index contributed by atoms with van der Waals surface area (Å²) in [6.45, 7) is 0. The van der Waals surface area contributed by atoms with Gasteiger partial charge in [0.05, 0.1) is 0 Å². The summed E-state index contributed by atoms with van der Waals surface area (Å²) in [5.41, 5.74) is 1.74. The fourth-order valence-electron chi connectivity index (χ4n) is 1.53. The van der Waals surface area contributed by atoms with Crippen LogP contribution in [0.5, 0.6) is 0 Å². The van der Waals surface area contributed by atoms with Crippen LogP contribution in [0.3, 0.4) is 0 Å². The average molecular weight is 212 g/mol. The van der Waals surface area contributed by atoms with Gasteiger partial charge in [0.15, 0.2) is 0 Å². The van der Waals surface area contributed by atoms with Crippen LogP contribution in [0.1, 0.15) is 12.0 Å². The van der Waals surface area contributed by atoms with Gasteiger partial charge in [-0.2, -0.15) is 11.8 Å². The van der Waals surface area contributed by atoms with Crippen LogP contribution in [0.15, 0.2) is 24.3 Å². The molecule has 0 spiro atoms. The summed E-state index contributed by atoms with van der Waals surface area (Å²) < 4.78 is 25.8. The third-order valence-electron chi connectivity index (χ3n) is 2.20. The second kappa shape index (κ2) is 4.13. The van der Waals surface area contributed by atoms with Crippen LogP contribution in [0.25, 0.3) is 5.57 Å². The summed E-state index contributed by atoms with van der Waals surface area (Å²) in [5.74, 6) is 0.968. The molecule has 0 radical (unpaired) electrons. The first-order chi connectivity index (χ1) is 6.75.